The van der Waals surface area contributed by atoms with Crippen molar-refractivity contribution in [3.63, 3.8) is 0 Å². The predicted molar refractivity (Wildman–Crippen MR) is 71.7 cm³/mol. The Bertz CT molecular complexity index is 488. The zero-order valence-corrected chi connectivity index (χ0v) is 11.4. The second-order valence-electron chi connectivity index (χ2n) is 4.08. The molecule has 0 radical (unpaired) electrons. The average Bonchev–Trinajstić information content (AvgIpc) is 2.63. The zero-order chi connectivity index (χ0) is 11.5. The highest BCUT2D eigenvalue weighted by molar-refractivity contribution is 9.10. The second kappa shape index (κ2) is 5.00. The van der Waals surface area contributed by atoms with E-state index in [0.29, 0.717) is 0 Å². The first kappa shape index (κ1) is 11.6. The van der Waals surface area contributed by atoms with Gasteiger partial charge < -0.3 is 4.57 Å². The molecule has 0 aliphatic rings. The summed E-state index contributed by atoms with van der Waals surface area (Å²) in [5.41, 5.74) is 2.67. The van der Waals surface area contributed by atoms with Crippen molar-refractivity contribution < 1.29 is 0 Å². The minimum atomic E-state index is 0.919. The predicted octanol–water partition coefficient (Wildman–Crippen LogP) is 4.16. The van der Waals surface area contributed by atoms with E-state index in [1.807, 2.05) is 6.20 Å². The van der Waals surface area contributed by atoms with Gasteiger partial charge in [-0.3, -0.25) is 0 Å². The van der Waals surface area contributed by atoms with E-state index in [2.05, 4.69) is 51.6 Å². The largest absolute Gasteiger partial charge is 0.346 e. The number of unbranched alkanes of at least 4 members (excludes halogenated alkanes) is 1. The molecule has 0 atom stereocenters. The Morgan fingerprint density at radius 1 is 1.38 bits per heavy atom. The molecule has 0 saturated carbocycles. The van der Waals surface area contributed by atoms with Crippen molar-refractivity contribution in [2.75, 3.05) is 0 Å². The highest BCUT2D eigenvalue weighted by Gasteiger charge is 2.07. The van der Waals surface area contributed by atoms with E-state index in [0.717, 1.165) is 17.6 Å². The molecular formula is C13H17BrN2. The molecule has 86 valence electrons. The van der Waals surface area contributed by atoms with Crippen LogP contribution in [-0.2, 0) is 13.0 Å². The molecule has 2 rings (SSSR count). The zero-order valence-electron chi connectivity index (χ0n) is 9.83. The Hall–Kier alpha value is -0.830. The fraction of sp³-hybridized carbons (Fsp3) is 0.462. The van der Waals surface area contributed by atoms with Crippen LogP contribution in [0.25, 0.3) is 10.9 Å². The van der Waals surface area contributed by atoms with Gasteiger partial charge in [0.1, 0.15) is 4.60 Å². The van der Waals surface area contributed by atoms with E-state index < -0.39 is 0 Å². The number of hydrogen-bond donors (Lipinski definition) is 0. The van der Waals surface area contributed by atoms with Crippen LogP contribution >= 0.6 is 15.9 Å². The summed E-state index contributed by atoms with van der Waals surface area (Å²) < 4.78 is 3.25. The van der Waals surface area contributed by atoms with E-state index in [1.54, 1.807) is 0 Å². The molecular weight excluding hydrogens is 264 g/mol. The molecule has 0 spiro atoms. The minimum absolute atomic E-state index is 0.919. The normalized spacial score (nSPS) is 11.2. The molecule has 0 aliphatic heterocycles. The van der Waals surface area contributed by atoms with Gasteiger partial charge in [0, 0.05) is 18.1 Å². The van der Waals surface area contributed by atoms with Gasteiger partial charge in [0.15, 0.2) is 0 Å². The highest BCUT2D eigenvalue weighted by Crippen LogP contribution is 2.24. The number of pyridine rings is 1. The van der Waals surface area contributed by atoms with Crippen LogP contribution in [0.1, 0.15) is 32.3 Å². The maximum Gasteiger partial charge on any atom is 0.106 e. The van der Waals surface area contributed by atoms with Gasteiger partial charge in [0.05, 0.1) is 11.7 Å². The second-order valence-corrected chi connectivity index (χ2v) is 4.89. The van der Waals surface area contributed by atoms with E-state index in [9.17, 15) is 0 Å². The summed E-state index contributed by atoms with van der Waals surface area (Å²) >= 11 is 3.44. The highest BCUT2D eigenvalue weighted by atomic mass is 79.9. The lowest BCUT2D eigenvalue weighted by atomic mass is 10.2. The third-order valence-electron chi connectivity index (χ3n) is 2.95. The molecule has 0 N–H and O–H groups in total. The Morgan fingerprint density at radius 2 is 2.19 bits per heavy atom. The van der Waals surface area contributed by atoms with Crippen LogP contribution in [0.15, 0.2) is 23.1 Å². The summed E-state index contributed by atoms with van der Waals surface area (Å²) in [7, 11) is 0. The molecule has 0 saturated heterocycles. The number of halogens is 1. The van der Waals surface area contributed by atoms with Gasteiger partial charge in [-0.2, -0.15) is 0 Å². The SMILES string of the molecule is CCCCn1cc(CC)c2cc(Br)ncc21. The Balaban J connectivity index is 2.50. The van der Waals surface area contributed by atoms with Crippen molar-refractivity contribution in [1.82, 2.24) is 9.55 Å². The van der Waals surface area contributed by atoms with Crippen LogP contribution in [0.3, 0.4) is 0 Å². The van der Waals surface area contributed by atoms with Crippen LogP contribution in [0.5, 0.6) is 0 Å². The van der Waals surface area contributed by atoms with E-state index in [-0.39, 0.29) is 0 Å². The summed E-state index contributed by atoms with van der Waals surface area (Å²) in [5, 5.41) is 1.33. The topological polar surface area (TPSA) is 17.8 Å². The standard InChI is InChI=1S/C13H17BrN2/c1-3-5-6-16-9-10(4-2)11-7-13(14)15-8-12(11)16/h7-9H,3-6H2,1-2H3. The number of nitrogens with zero attached hydrogens (tertiary/aromatic N) is 2. The van der Waals surface area contributed by atoms with Crippen molar-refractivity contribution >= 4 is 26.8 Å². The first-order valence-electron chi connectivity index (χ1n) is 5.89. The van der Waals surface area contributed by atoms with Gasteiger partial charge in [-0.15, -0.1) is 0 Å². The van der Waals surface area contributed by atoms with Crippen LogP contribution in [0, 0.1) is 0 Å². The lowest BCUT2D eigenvalue weighted by molar-refractivity contribution is 0.648. The molecule has 0 fully saturated rings. The molecule has 2 heterocycles. The molecule has 0 bridgehead atoms. The van der Waals surface area contributed by atoms with Gasteiger partial charge in [-0.1, -0.05) is 20.3 Å². The molecule has 0 aromatic carbocycles. The van der Waals surface area contributed by atoms with E-state index >= 15 is 0 Å². The summed E-state index contributed by atoms with van der Waals surface area (Å²) in [6.07, 6.45) is 7.77. The first-order valence-corrected chi connectivity index (χ1v) is 6.68. The minimum Gasteiger partial charge on any atom is -0.346 e. The van der Waals surface area contributed by atoms with Gasteiger partial charge in [-0.05, 0) is 40.4 Å². The fourth-order valence-corrected chi connectivity index (χ4v) is 2.36. The first-order chi connectivity index (χ1) is 7.76. The molecule has 2 aromatic rings. The molecule has 0 aliphatic carbocycles. The molecule has 2 aromatic heterocycles. The van der Waals surface area contributed by atoms with Gasteiger partial charge in [0.2, 0.25) is 0 Å². The smallest absolute Gasteiger partial charge is 0.106 e. The fourth-order valence-electron chi connectivity index (χ4n) is 2.03. The third-order valence-corrected chi connectivity index (χ3v) is 3.38. The van der Waals surface area contributed by atoms with Crippen LogP contribution in [0.2, 0.25) is 0 Å². The van der Waals surface area contributed by atoms with Crippen LogP contribution in [-0.4, -0.2) is 9.55 Å². The van der Waals surface area contributed by atoms with Crippen molar-refractivity contribution in [2.24, 2.45) is 0 Å². The summed E-state index contributed by atoms with van der Waals surface area (Å²) in [6.45, 7) is 5.52. The lowest BCUT2D eigenvalue weighted by Gasteiger charge is -2.03. The van der Waals surface area contributed by atoms with Gasteiger partial charge in [-0.25, -0.2) is 4.98 Å². The van der Waals surface area contributed by atoms with E-state index in [1.165, 1.54) is 29.3 Å². The summed E-state index contributed by atoms with van der Waals surface area (Å²) in [6, 6.07) is 2.12. The van der Waals surface area contributed by atoms with Crippen molar-refractivity contribution in [2.45, 2.75) is 39.7 Å². The molecule has 0 unspecified atom stereocenters. The monoisotopic (exact) mass is 280 g/mol. The number of aromatic nitrogens is 2. The van der Waals surface area contributed by atoms with E-state index in [4.69, 9.17) is 0 Å². The van der Waals surface area contributed by atoms with Crippen molar-refractivity contribution in [3.8, 4) is 0 Å². The quantitative estimate of drug-likeness (QED) is 0.769. The van der Waals surface area contributed by atoms with Crippen molar-refractivity contribution in [1.29, 1.82) is 0 Å². The Kier molecular flexibility index (Phi) is 3.64. The maximum absolute atomic E-state index is 4.32. The van der Waals surface area contributed by atoms with Gasteiger partial charge in [0.25, 0.3) is 0 Å². The maximum atomic E-state index is 4.32. The van der Waals surface area contributed by atoms with Crippen LogP contribution < -0.4 is 0 Å². The Labute approximate surface area is 105 Å². The third kappa shape index (κ3) is 2.14. The molecule has 16 heavy (non-hydrogen) atoms. The van der Waals surface area contributed by atoms with Crippen LogP contribution in [0.4, 0.5) is 0 Å². The average molecular weight is 281 g/mol. The number of rotatable bonds is 4. The summed E-state index contributed by atoms with van der Waals surface area (Å²) in [5.74, 6) is 0. The molecule has 2 nitrogen and oxygen atoms in total. The van der Waals surface area contributed by atoms with Crippen molar-refractivity contribution in [3.05, 3.63) is 28.6 Å². The van der Waals surface area contributed by atoms with Gasteiger partial charge >= 0.3 is 0 Å². The lowest BCUT2D eigenvalue weighted by Crippen LogP contribution is -1.95. The summed E-state index contributed by atoms with van der Waals surface area (Å²) in [4.78, 5) is 4.32. The number of aryl methyl sites for hydroxylation is 2. The Morgan fingerprint density at radius 3 is 2.88 bits per heavy atom. The molecule has 0 amide bonds. The molecule has 3 heteroatoms. The number of fused-ring (bicyclic) bond motifs is 1. The number of hydrogen-bond acceptors (Lipinski definition) is 1.